The molecule has 1 aromatic rings. The zero-order valence-corrected chi connectivity index (χ0v) is 9.26. The van der Waals surface area contributed by atoms with Gasteiger partial charge in [-0.2, -0.15) is 13.2 Å². The van der Waals surface area contributed by atoms with Crippen LogP contribution in [0.1, 0.15) is 17.5 Å². The fourth-order valence-corrected chi connectivity index (χ4v) is 2.01. The Balaban J connectivity index is 2.20. The highest BCUT2D eigenvalue weighted by Gasteiger charge is 2.31. The molecule has 17 heavy (non-hydrogen) atoms. The zero-order valence-electron chi connectivity index (χ0n) is 9.26. The summed E-state index contributed by atoms with van der Waals surface area (Å²) in [4.78, 5) is 0. The summed E-state index contributed by atoms with van der Waals surface area (Å²) in [7, 11) is 0. The van der Waals surface area contributed by atoms with Crippen LogP contribution in [0.15, 0.2) is 18.2 Å². The summed E-state index contributed by atoms with van der Waals surface area (Å²) in [5.74, 6) is 0.279. The lowest BCUT2D eigenvalue weighted by Gasteiger charge is -2.13. The van der Waals surface area contributed by atoms with Crippen molar-refractivity contribution >= 4 is 5.69 Å². The maximum Gasteiger partial charge on any atom is 0.416 e. The Morgan fingerprint density at radius 1 is 1.35 bits per heavy atom. The largest absolute Gasteiger partial charge is 0.416 e. The van der Waals surface area contributed by atoms with Gasteiger partial charge < -0.3 is 10.5 Å². The van der Waals surface area contributed by atoms with Crippen LogP contribution in [0.5, 0.6) is 0 Å². The molecule has 94 valence electrons. The molecule has 0 radical (unpaired) electrons. The predicted molar refractivity (Wildman–Crippen MR) is 58.5 cm³/mol. The van der Waals surface area contributed by atoms with Crippen molar-refractivity contribution in [2.45, 2.75) is 19.0 Å². The van der Waals surface area contributed by atoms with E-state index in [2.05, 4.69) is 0 Å². The molecule has 1 aromatic carbocycles. The molecule has 0 aliphatic carbocycles. The third kappa shape index (κ3) is 2.91. The Kier molecular flexibility index (Phi) is 3.28. The first-order chi connectivity index (χ1) is 7.97. The molecule has 1 fully saturated rings. The number of ether oxygens (including phenoxy) is 1. The van der Waals surface area contributed by atoms with Gasteiger partial charge in [-0.15, -0.1) is 0 Å². The van der Waals surface area contributed by atoms with E-state index in [0.29, 0.717) is 30.9 Å². The molecule has 0 amide bonds. The average Bonchev–Trinajstić information content (AvgIpc) is 2.72. The second-order valence-electron chi connectivity index (χ2n) is 4.35. The van der Waals surface area contributed by atoms with Crippen LogP contribution in [0.2, 0.25) is 0 Å². The van der Waals surface area contributed by atoms with Crippen molar-refractivity contribution in [1.29, 1.82) is 0 Å². The van der Waals surface area contributed by atoms with Crippen molar-refractivity contribution < 1.29 is 17.9 Å². The molecule has 1 saturated heterocycles. The predicted octanol–water partition coefficient (Wildman–Crippen LogP) is 2.87. The van der Waals surface area contributed by atoms with Gasteiger partial charge in [-0.3, -0.25) is 0 Å². The smallest absolute Gasteiger partial charge is 0.399 e. The quantitative estimate of drug-likeness (QED) is 0.813. The van der Waals surface area contributed by atoms with Crippen molar-refractivity contribution in [2.75, 3.05) is 18.9 Å². The van der Waals surface area contributed by atoms with E-state index in [-0.39, 0.29) is 5.92 Å². The molecule has 1 unspecified atom stereocenters. The Bertz CT molecular complexity index is 397. The van der Waals surface area contributed by atoms with Crippen molar-refractivity contribution in [3.05, 3.63) is 29.3 Å². The average molecular weight is 245 g/mol. The molecule has 2 N–H and O–H groups in total. The van der Waals surface area contributed by atoms with Crippen molar-refractivity contribution in [1.82, 2.24) is 0 Å². The summed E-state index contributed by atoms with van der Waals surface area (Å²) in [6.45, 7) is 1.29. The van der Waals surface area contributed by atoms with Crippen LogP contribution in [0.25, 0.3) is 0 Å². The van der Waals surface area contributed by atoms with Crippen LogP contribution in [-0.2, 0) is 17.3 Å². The maximum absolute atomic E-state index is 12.5. The highest BCUT2D eigenvalue weighted by molar-refractivity contribution is 5.49. The normalized spacial score (nSPS) is 20.8. The number of benzene rings is 1. The Morgan fingerprint density at radius 3 is 2.71 bits per heavy atom. The molecule has 2 rings (SSSR count). The van der Waals surface area contributed by atoms with E-state index >= 15 is 0 Å². The summed E-state index contributed by atoms with van der Waals surface area (Å²) in [5, 5.41) is 0. The fourth-order valence-electron chi connectivity index (χ4n) is 2.01. The number of nitrogens with two attached hydrogens (primary N) is 1. The zero-order chi connectivity index (χ0) is 12.5. The van der Waals surface area contributed by atoms with E-state index in [1.165, 1.54) is 6.07 Å². The van der Waals surface area contributed by atoms with Gasteiger partial charge in [-0.25, -0.2) is 0 Å². The Hall–Kier alpha value is -1.23. The lowest BCUT2D eigenvalue weighted by atomic mass is 9.96. The molecule has 1 heterocycles. The van der Waals surface area contributed by atoms with Gasteiger partial charge in [0.1, 0.15) is 0 Å². The van der Waals surface area contributed by atoms with Crippen LogP contribution >= 0.6 is 0 Å². The van der Waals surface area contributed by atoms with Crippen LogP contribution in [0.3, 0.4) is 0 Å². The summed E-state index contributed by atoms with van der Waals surface area (Å²) in [5.41, 5.74) is 6.05. The van der Waals surface area contributed by atoms with E-state index in [4.69, 9.17) is 10.5 Å². The SMILES string of the molecule is Nc1ccc(C(F)(F)F)cc1CC1CCOC1. The van der Waals surface area contributed by atoms with Gasteiger partial charge in [0.2, 0.25) is 0 Å². The first kappa shape index (κ1) is 12.2. The standard InChI is InChI=1S/C12H14F3NO/c13-12(14,15)10-1-2-11(16)9(6-10)5-8-3-4-17-7-8/h1-2,6,8H,3-5,7,16H2. The summed E-state index contributed by atoms with van der Waals surface area (Å²) in [6.07, 6.45) is -2.87. The van der Waals surface area contributed by atoms with Crippen molar-refractivity contribution in [3.63, 3.8) is 0 Å². The van der Waals surface area contributed by atoms with Gasteiger partial charge in [0.15, 0.2) is 0 Å². The van der Waals surface area contributed by atoms with E-state index in [1.54, 1.807) is 0 Å². The molecule has 5 heteroatoms. The molecule has 1 aliphatic rings. The monoisotopic (exact) mass is 245 g/mol. The number of alkyl halides is 3. The van der Waals surface area contributed by atoms with E-state index in [0.717, 1.165) is 18.6 Å². The van der Waals surface area contributed by atoms with Gasteiger partial charge in [-0.05, 0) is 42.5 Å². The van der Waals surface area contributed by atoms with Gasteiger partial charge in [0.05, 0.1) is 5.56 Å². The summed E-state index contributed by atoms with van der Waals surface area (Å²) < 4.78 is 42.8. The molecule has 0 bridgehead atoms. The number of hydrogen-bond donors (Lipinski definition) is 1. The summed E-state index contributed by atoms with van der Waals surface area (Å²) in [6, 6.07) is 3.49. The second kappa shape index (κ2) is 4.56. The van der Waals surface area contributed by atoms with Gasteiger partial charge >= 0.3 is 6.18 Å². The number of nitrogen functional groups attached to an aromatic ring is 1. The van der Waals surface area contributed by atoms with Gasteiger partial charge in [-0.1, -0.05) is 0 Å². The molecule has 1 aliphatic heterocycles. The number of rotatable bonds is 2. The Labute approximate surface area is 97.6 Å². The first-order valence-electron chi connectivity index (χ1n) is 5.50. The lowest BCUT2D eigenvalue weighted by molar-refractivity contribution is -0.137. The summed E-state index contributed by atoms with van der Waals surface area (Å²) >= 11 is 0. The molecule has 0 spiro atoms. The Morgan fingerprint density at radius 2 is 2.12 bits per heavy atom. The minimum atomic E-state index is -4.31. The fraction of sp³-hybridized carbons (Fsp3) is 0.500. The van der Waals surface area contributed by atoms with Crippen LogP contribution in [-0.4, -0.2) is 13.2 Å². The third-order valence-electron chi connectivity index (χ3n) is 3.00. The topological polar surface area (TPSA) is 35.2 Å². The molecular formula is C12H14F3NO. The van der Waals surface area contributed by atoms with E-state index in [1.807, 2.05) is 0 Å². The van der Waals surface area contributed by atoms with Crippen molar-refractivity contribution in [3.8, 4) is 0 Å². The first-order valence-corrected chi connectivity index (χ1v) is 5.50. The number of anilines is 1. The minimum Gasteiger partial charge on any atom is -0.399 e. The highest BCUT2D eigenvalue weighted by Crippen LogP contribution is 2.32. The van der Waals surface area contributed by atoms with Crippen LogP contribution in [0.4, 0.5) is 18.9 Å². The van der Waals surface area contributed by atoms with Gasteiger partial charge in [0, 0.05) is 18.9 Å². The van der Waals surface area contributed by atoms with E-state index < -0.39 is 11.7 Å². The number of hydrogen-bond acceptors (Lipinski definition) is 2. The second-order valence-corrected chi connectivity index (χ2v) is 4.35. The molecule has 1 atom stereocenters. The van der Waals surface area contributed by atoms with Crippen LogP contribution < -0.4 is 5.73 Å². The van der Waals surface area contributed by atoms with Crippen LogP contribution in [0, 0.1) is 5.92 Å². The lowest BCUT2D eigenvalue weighted by Crippen LogP contribution is -2.10. The third-order valence-corrected chi connectivity index (χ3v) is 3.00. The van der Waals surface area contributed by atoms with Crippen molar-refractivity contribution in [2.24, 2.45) is 5.92 Å². The van der Waals surface area contributed by atoms with E-state index in [9.17, 15) is 13.2 Å². The minimum absolute atomic E-state index is 0.279. The molecule has 0 saturated carbocycles. The molecular weight excluding hydrogens is 231 g/mol. The molecule has 2 nitrogen and oxygen atoms in total. The number of halogens is 3. The molecule has 0 aromatic heterocycles. The van der Waals surface area contributed by atoms with Gasteiger partial charge in [0.25, 0.3) is 0 Å². The highest BCUT2D eigenvalue weighted by atomic mass is 19.4. The maximum atomic E-state index is 12.5.